The Morgan fingerprint density at radius 3 is 2.51 bits per heavy atom. The van der Waals surface area contributed by atoms with E-state index < -0.39 is 0 Å². The lowest BCUT2D eigenvalue weighted by Crippen LogP contribution is -2.29. The predicted molar refractivity (Wildman–Crippen MR) is 158 cm³/mol. The standard InChI is InChI=1S/C33H34FN5/c1-23(24(2)38-31-11-10-30(37-21-31)17-25-7-6-8-29(34)16-25)32-18-27(9-12-33(32)35)28-15-26(19-36-20-28)22-39-13-4-3-5-14-39/h6-12,15-16,18-21,38H,1-5,13-14,17,22,35H2. The number of likely N-dealkylation sites (tertiary alicyclic amines) is 1. The van der Waals surface area contributed by atoms with Crippen molar-refractivity contribution in [1.82, 2.24) is 14.9 Å². The Hall–Kier alpha value is -4.29. The summed E-state index contributed by atoms with van der Waals surface area (Å²) in [6.45, 7) is 11.7. The molecule has 39 heavy (non-hydrogen) atoms. The molecule has 0 spiro atoms. The van der Waals surface area contributed by atoms with Gasteiger partial charge in [-0.15, -0.1) is 0 Å². The van der Waals surface area contributed by atoms with E-state index in [0.717, 1.165) is 53.3 Å². The van der Waals surface area contributed by atoms with Gasteiger partial charge in [0.1, 0.15) is 5.82 Å². The van der Waals surface area contributed by atoms with Crippen LogP contribution < -0.4 is 11.1 Å². The maximum Gasteiger partial charge on any atom is 0.123 e. The molecular weight excluding hydrogens is 485 g/mol. The van der Waals surface area contributed by atoms with Crippen LogP contribution in [0.2, 0.25) is 0 Å². The maximum atomic E-state index is 13.5. The second kappa shape index (κ2) is 12.0. The minimum absolute atomic E-state index is 0.245. The fourth-order valence-electron chi connectivity index (χ4n) is 4.98. The third-order valence-electron chi connectivity index (χ3n) is 7.12. The van der Waals surface area contributed by atoms with Crippen LogP contribution >= 0.6 is 0 Å². The van der Waals surface area contributed by atoms with E-state index in [2.05, 4.69) is 39.4 Å². The van der Waals surface area contributed by atoms with Gasteiger partial charge in [-0.3, -0.25) is 14.9 Å². The Balaban J connectivity index is 1.26. The van der Waals surface area contributed by atoms with Gasteiger partial charge in [0.25, 0.3) is 0 Å². The molecule has 0 bridgehead atoms. The topological polar surface area (TPSA) is 67.1 Å². The summed E-state index contributed by atoms with van der Waals surface area (Å²) in [5.74, 6) is -0.245. The number of rotatable bonds is 9. The van der Waals surface area contributed by atoms with E-state index >= 15 is 0 Å². The van der Waals surface area contributed by atoms with Crippen molar-refractivity contribution in [2.75, 3.05) is 24.1 Å². The number of nitrogen functional groups attached to an aromatic ring is 1. The summed E-state index contributed by atoms with van der Waals surface area (Å²) in [6.07, 6.45) is 10.0. The molecule has 3 heterocycles. The Morgan fingerprint density at radius 1 is 0.897 bits per heavy atom. The second-order valence-corrected chi connectivity index (χ2v) is 10.1. The van der Waals surface area contributed by atoms with E-state index in [-0.39, 0.29) is 5.82 Å². The average Bonchev–Trinajstić information content (AvgIpc) is 2.95. The molecule has 6 heteroatoms. The van der Waals surface area contributed by atoms with Gasteiger partial charge in [0.2, 0.25) is 0 Å². The summed E-state index contributed by atoms with van der Waals surface area (Å²) in [7, 11) is 0. The van der Waals surface area contributed by atoms with E-state index in [1.54, 1.807) is 12.3 Å². The van der Waals surface area contributed by atoms with Crippen molar-refractivity contribution in [2.45, 2.75) is 32.2 Å². The zero-order valence-corrected chi connectivity index (χ0v) is 22.2. The van der Waals surface area contributed by atoms with Crippen LogP contribution in [0, 0.1) is 5.82 Å². The van der Waals surface area contributed by atoms with Crippen molar-refractivity contribution in [3.63, 3.8) is 0 Å². The molecule has 1 aliphatic heterocycles. The Bertz CT molecular complexity index is 1470. The number of benzene rings is 2. The summed E-state index contributed by atoms with van der Waals surface area (Å²) >= 11 is 0. The third kappa shape index (κ3) is 6.78. The lowest BCUT2D eigenvalue weighted by molar-refractivity contribution is 0.220. The summed E-state index contributed by atoms with van der Waals surface area (Å²) in [4.78, 5) is 11.5. The number of allylic oxidation sites excluding steroid dienone is 1. The largest absolute Gasteiger partial charge is 0.398 e. The number of aromatic nitrogens is 2. The van der Waals surface area contributed by atoms with Crippen LogP contribution in [-0.4, -0.2) is 28.0 Å². The monoisotopic (exact) mass is 519 g/mol. The van der Waals surface area contributed by atoms with Crippen LogP contribution in [0.1, 0.15) is 41.6 Å². The van der Waals surface area contributed by atoms with Crippen molar-refractivity contribution < 1.29 is 4.39 Å². The highest BCUT2D eigenvalue weighted by Crippen LogP contribution is 2.31. The first-order chi connectivity index (χ1) is 18.9. The van der Waals surface area contributed by atoms with E-state index in [4.69, 9.17) is 5.73 Å². The number of nitrogens with zero attached hydrogens (tertiary/aromatic N) is 3. The molecule has 5 rings (SSSR count). The zero-order chi connectivity index (χ0) is 27.2. The predicted octanol–water partition coefficient (Wildman–Crippen LogP) is 7.08. The molecule has 0 amide bonds. The highest BCUT2D eigenvalue weighted by Gasteiger charge is 2.13. The Labute approximate surface area is 229 Å². The van der Waals surface area contributed by atoms with E-state index in [1.807, 2.05) is 48.8 Å². The van der Waals surface area contributed by atoms with Crippen LogP contribution in [0.3, 0.4) is 0 Å². The molecule has 3 N–H and O–H groups in total. The molecule has 2 aromatic carbocycles. The molecule has 0 radical (unpaired) electrons. The fraction of sp³-hybridized carbons (Fsp3) is 0.212. The number of nitrogens with two attached hydrogens (primary N) is 1. The minimum Gasteiger partial charge on any atom is -0.398 e. The summed E-state index contributed by atoms with van der Waals surface area (Å²) in [5, 5.41) is 3.29. The van der Waals surface area contributed by atoms with E-state index in [0.29, 0.717) is 23.4 Å². The lowest BCUT2D eigenvalue weighted by Gasteiger charge is -2.26. The highest BCUT2D eigenvalue weighted by molar-refractivity contribution is 5.87. The second-order valence-electron chi connectivity index (χ2n) is 10.1. The van der Waals surface area contributed by atoms with Gasteiger partial charge in [-0.1, -0.05) is 37.8 Å². The molecule has 1 saturated heterocycles. The van der Waals surface area contributed by atoms with Gasteiger partial charge in [0.15, 0.2) is 0 Å². The molecule has 4 aromatic rings. The maximum absolute atomic E-state index is 13.5. The van der Waals surface area contributed by atoms with Crippen LogP contribution in [0.25, 0.3) is 16.7 Å². The average molecular weight is 520 g/mol. The normalized spacial score (nSPS) is 13.7. The Morgan fingerprint density at radius 2 is 1.74 bits per heavy atom. The smallest absolute Gasteiger partial charge is 0.123 e. The fourth-order valence-corrected chi connectivity index (χ4v) is 4.98. The SMILES string of the molecule is C=C(Nc1ccc(Cc2cccc(F)c2)nc1)C(=C)c1cc(-c2cncc(CN3CCCCC3)c2)ccc1N. The van der Waals surface area contributed by atoms with Crippen LogP contribution in [0.5, 0.6) is 0 Å². The molecule has 0 unspecified atom stereocenters. The van der Waals surface area contributed by atoms with Crippen LogP contribution in [-0.2, 0) is 13.0 Å². The number of hydrogen-bond acceptors (Lipinski definition) is 5. The molecule has 1 aliphatic rings. The quantitative estimate of drug-likeness (QED) is 0.183. The summed E-state index contributed by atoms with van der Waals surface area (Å²) < 4.78 is 13.5. The van der Waals surface area contributed by atoms with Crippen molar-refractivity contribution >= 4 is 16.9 Å². The first-order valence-electron chi connectivity index (χ1n) is 13.4. The van der Waals surface area contributed by atoms with Gasteiger partial charge in [-0.05, 0) is 90.7 Å². The Kier molecular flexibility index (Phi) is 8.13. The van der Waals surface area contributed by atoms with Crippen molar-refractivity contribution in [3.05, 3.63) is 126 Å². The van der Waals surface area contributed by atoms with Gasteiger partial charge in [-0.2, -0.15) is 0 Å². The van der Waals surface area contributed by atoms with Crippen molar-refractivity contribution in [1.29, 1.82) is 0 Å². The zero-order valence-electron chi connectivity index (χ0n) is 22.2. The molecular formula is C33H34FN5. The number of halogens is 1. The van der Waals surface area contributed by atoms with Gasteiger partial charge in [-0.25, -0.2) is 4.39 Å². The first-order valence-corrected chi connectivity index (χ1v) is 13.4. The molecule has 0 aliphatic carbocycles. The number of nitrogens with one attached hydrogen (secondary N) is 1. The highest BCUT2D eigenvalue weighted by atomic mass is 19.1. The molecule has 1 fully saturated rings. The van der Waals surface area contributed by atoms with Crippen LogP contribution in [0.4, 0.5) is 15.8 Å². The third-order valence-corrected chi connectivity index (χ3v) is 7.12. The number of hydrogen-bond donors (Lipinski definition) is 2. The molecule has 2 aromatic heterocycles. The molecule has 198 valence electrons. The molecule has 5 nitrogen and oxygen atoms in total. The first kappa shape index (κ1) is 26.3. The number of piperidine rings is 1. The van der Waals surface area contributed by atoms with Gasteiger partial charge >= 0.3 is 0 Å². The van der Waals surface area contributed by atoms with E-state index in [9.17, 15) is 4.39 Å². The minimum atomic E-state index is -0.245. The van der Waals surface area contributed by atoms with Crippen molar-refractivity contribution in [3.8, 4) is 11.1 Å². The number of pyridine rings is 2. The summed E-state index contributed by atoms with van der Waals surface area (Å²) in [5.41, 5.74) is 15.0. The summed E-state index contributed by atoms with van der Waals surface area (Å²) in [6, 6.07) is 18.6. The lowest BCUT2D eigenvalue weighted by atomic mass is 9.97. The van der Waals surface area contributed by atoms with E-state index in [1.165, 1.54) is 37.0 Å². The van der Waals surface area contributed by atoms with Gasteiger partial charge in [0, 0.05) is 53.6 Å². The van der Waals surface area contributed by atoms with Gasteiger partial charge < -0.3 is 11.1 Å². The molecule has 0 atom stereocenters. The van der Waals surface area contributed by atoms with Gasteiger partial charge in [0.05, 0.1) is 11.9 Å². The van der Waals surface area contributed by atoms with Crippen molar-refractivity contribution in [2.24, 2.45) is 0 Å². The molecule has 0 saturated carbocycles. The number of anilines is 2. The van der Waals surface area contributed by atoms with Crippen LogP contribution in [0.15, 0.2) is 98.1 Å².